The highest BCUT2D eigenvalue weighted by Gasteiger charge is 2.42. The molecule has 1 aliphatic carbocycles. The molecule has 0 spiro atoms. The monoisotopic (exact) mass is 295 g/mol. The van der Waals surface area contributed by atoms with E-state index >= 15 is 0 Å². The van der Waals surface area contributed by atoms with Gasteiger partial charge in [-0.25, -0.2) is 0 Å². The molecule has 6 nitrogen and oxygen atoms in total. The topological polar surface area (TPSA) is 61.9 Å². The Labute approximate surface area is 125 Å². The van der Waals surface area contributed by atoms with Gasteiger partial charge in [-0.05, 0) is 19.9 Å². The molecular formula is C15H25N3O3. The van der Waals surface area contributed by atoms with Gasteiger partial charge in [-0.15, -0.1) is 0 Å². The molecule has 2 heterocycles. The summed E-state index contributed by atoms with van der Waals surface area (Å²) in [6.07, 6.45) is 4.61. The number of carbonyl (C=O) groups is 2. The molecule has 3 rings (SSSR count). The average molecular weight is 295 g/mol. The maximum absolute atomic E-state index is 12.4. The second-order valence-corrected chi connectivity index (χ2v) is 6.46. The van der Waals surface area contributed by atoms with Gasteiger partial charge in [0.2, 0.25) is 11.8 Å². The number of hydrogen-bond donors (Lipinski definition) is 1. The van der Waals surface area contributed by atoms with Crippen LogP contribution in [0.15, 0.2) is 0 Å². The summed E-state index contributed by atoms with van der Waals surface area (Å²) in [7, 11) is 2.07. The van der Waals surface area contributed by atoms with Crippen LogP contribution in [0.3, 0.4) is 0 Å². The van der Waals surface area contributed by atoms with Crippen LogP contribution in [0, 0.1) is 0 Å². The number of nitrogens with one attached hydrogen (secondary N) is 1. The predicted molar refractivity (Wildman–Crippen MR) is 77.8 cm³/mol. The summed E-state index contributed by atoms with van der Waals surface area (Å²) < 4.78 is 5.68. The summed E-state index contributed by atoms with van der Waals surface area (Å²) >= 11 is 0. The van der Waals surface area contributed by atoms with Gasteiger partial charge in [-0.3, -0.25) is 14.5 Å². The van der Waals surface area contributed by atoms with Gasteiger partial charge in [0, 0.05) is 25.7 Å². The summed E-state index contributed by atoms with van der Waals surface area (Å²) in [6, 6.07) is -0.206. The van der Waals surface area contributed by atoms with Crippen LogP contribution in [0.2, 0.25) is 0 Å². The van der Waals surface area contributed by atoms with E-state index in [1.807, 2.05) is 0 Å². The van der Waals surface area contributed by atoms with Crippen LogP contribution in [0.25, 0.3) is 0 Å². The van der Waals surface area contributed by atoms with Crippen LogP contribution >= 0.6 is 0 Å². The first-order valence-electron chi connectivity index (χ1n) is 8.04. The van der Waals surface area contributed by atoms with E-state index in [-0.39, 0.29) is 30.0 Å². The number of rotatable bonds is 4. The summed E-state index contributed by atoms with van der Waals surface area (Å²) in [5.41, 5.74) is 0. The summed E-state index contributed by atoms with van der Waals surface area (Å²) in [4.78, 5) is 28.3. The number of amides is 2. The quantitative estimate of drug-likeness (QED) is 0.739. The van der Waals surface area contributed by atoms with E-state index in [9.17, 15) is 9.59 Å². The first-order chi connectivity index (χ1) is 10.1. The molecule has 0 radical (unpaired) electrons. The molecule has 3 fully saturated rings. The first-order valence-corrected chi connectivity index (χ1v) is 8.04. The maximum atomic E-state index is 12.4. The summed E-state index contributed by atoms with van der Waals surface area (Å²) in [5.74, 6) is -0.0397. The number of morpholine rings is 1. The van der Waals surface area contributed by atoms with Gasteiger partial charge >= 0.3 is 0 Å². The second kappa shape index (κ2) is 6.42. The minimum absolute atomic E-state index is 0.00826. The molecule has 0 bridgehead atoms. The van der Waals surface area contributed by atoms with Crippen LogP contribution in [-0.4, -0.2) is 73.1 Å². The lowest BCUT2D eigenvalue weighted by Crippen LogP contribution is -2.49. The average Bonchev–Trinajstić information content (AvgIpc) is 3.05. The van der Waals surface area contributed by atoms with E-state index in [4.69, 9.17) is 4.74 Å². The number of likely N-dealkylation sites (tertiary alicyclic amines) is 1. The van der Waals surface area contributed by atoms with Crippen LogP contribution in [0.4, 0.5) is 0 Å². The van der Waals surface area contributed by atoms with Crippen molar-refractivity contribution < 1.29 is 14.3 Å². The molecule has 2 aliphatic heterocycles. The van der Waals surface area contributed by atoms with Gasteiger partial charge in [-0.2, -0.15) is 0 Å². The molecule has 1 N–H and O–H groups in total. The summed E-state index contributed by atoms with van der Waals surface area (Å²) in [6.45, 7) is 3.18. The van der Waals surface area contributed by atoms with Crippen molar-refractivity contribution in [2.24, 2.45) is 0 Å². The Morgan fingerprint density at radius 3 is 2.76 bits per heavy atom. The van der Waals surface area contributed by atoms with Crippen molar-refractivity contribution in [2.45, 2.75) is 50.3 Å². The fourth-order valence-electron chi connectivity index (χ4n) is 3.62. The Hall–Kier alpha value is -0.980. The molecule has 1 saturated carbocycles. The smallest absolute Gasteiger partial charge is 0.247 e. The number of likely N-dealkylation sites (N-methyl/N-ethyl adjacent to an activating group) is 1. The number of carbonyl (C=O) groups excluding carboxylic acids is 2. The lowest BCUT2D eigenvalue weighted by atomic mass is 10.2. The lowest BCUT2D eigenvalue weighted by molar-refractivity contribution is -0.141. The third kappa shape index (κ3) is 3.27. The molecule has 6 heteroatoms. The van der Waals surface area contributed by atoms with E-state index < -0.39 is 0 Å². The highest BCUT2D eigenvalue weighted by atomic mass is 16.5. The van der Waals surface area contributed by atoms with E-state index in [1.165, 1.54) is 4.90 Å². The van der Waals surface area contributed by atoms with E-state index in [0.29, 0.717) is 13.0 Å². The van der Waals surface area contributed by atoms with Crippen molar-refractivity contribution in [3.8, 4) is 0 Å². The maximum Gasteiger partial charge on any atom is 0.247 e. The minimum Gasteiger partial charge on any atom is -0.374 e. The second-order valence-electron chi connectivity index (χ2n) is 6.46. The number of nitrogens with zero attached hydrogens (tertiary/aromatic N) is 2. The number of imide groups is 1. The Kier molecular flexibility index (Phi) is 4.57. The molecule has 2 amide bonds. The zero-order valence-corrected chi connectivity index (χ0v) is 12.7. The lowest BCUT2D eigenvalue weighted by Gasteiger charge is -2.30. The molecule has 2 atom stereocenters. The number of ether oxygens (including phenoxy) is 1. The largest absolute Gasteiger partial charge is 0.374 e. The first kappa shape index (κ1) is 14.9. The van der Waals surface area contributed by atoms with Crippen molar-refractivity contribution in [3.05, 3.63) is 0 Å². The van der Waals surface area contributed by atoms with Crippen LogP contribution in [0.5, 0.6) is 0 Å². The number of hydrogen-bond acceptors (Lipinski definition) is 5. The van der Waals surface area contributed by atoms with E-state index in [0.717, 1.165) is 45.4 Å². The molecule has 0 aromatic heterocycles. The van der Waals surface area contributed by atoms with Gasteiger partial charge in [-0.1, -0.05) is 12.8 Å². The molecule has 3 aliphatic rings. The molecular weight excluding hydrogens is 270 g/mol. The Balaban J connectivity index is 1.52. The fraction of sp³-hybridized carbons (Fsp3) is 0.867. The normalized spacial score (nSPS) is 32.3. The molecule has 21 heavy (non-hydrogen) atoms. The minimum atomic E-state index is -0.353. The fourth-order valence-corrected chi connectivity index (χ4v) is 3.62. The van der Waals surface area contributed by atoms with Crippen LogP contribution in [-0.2, 0) is 14.3 Å². The molecule has 2 saturated heterocycles. The van der Waals surface area contributed by atoms with Crippen molar-refractivity contribution in [1.82, 2.24) is 15.1 Å². The zero-order chi connectivity index (χ0) is 14.8. The third-order valence-corrected chi connectivity index (χ3v) is 4.81. The Bertz CT molecular complexity index is 409. The van der Waals surface area contributed by atoms with Crippen LogP contribution in [0.1, 0.15) is 32.1 Å². The van der Waals surface area contributed by atoms with Gasteiger partial charge in [0.25, 0.3) is 0 Å². The van der Waals surface area contributed by atoms with Crippen molar-refractivity contribution in [2.75, 3.05) is 33.3 Å². The van der Waals surface area contributed by atoms with Gasteiger partial charge in [0.05, 0.1) is 25.2 Å². The van der Waals surface area contributed by atoms with Gasteiger partial charge in [0.15, 0.2) is 0 Å². The van der Waals surface area contributed by atoms with Gasteiger partial charge in [0.1, 0.15) is 0 Å². The predicted octanol–water partition coefficient (Wildman–Crippen LogP) is -0.0233. The standard InChI is InChI=1S/C15H25N3O3/c1-17-6-7-21-12(10-17)9-16-13-8-14(19)18(15(13)20)11-4-2-3-5-11/h11-13,16H,2-10H2,1H3. The van der Waals surface area contributed by atoms with E-state index in [1.54, 1.807) is 0 Å². The van der Waals surface area contributed by atoms with Crippen LogP contribution < -0.4 is 5.32 Å². The SMILES string of the molecule is CN1CCOC(CNC2CC(=O)N(C3CCCC3)C2=O)C1. The van der Waals surface area contributed by atoms with E-state index in [2.05, 4.69) is 17.3 Å². The third-order valence-electron chi connectivity index (χ3n) is 4.81. The highest BCUT2D eigenvalue weighted by molar-refractivity contribution is 6.05. The van der Waals surface area contributed by atoms with Crippen molar-refractivity contribution >= 4 is 11.8 Å². The molecule has 0 aromatic carbocycles. The summed E-state index contributed by atoms with van der Waals surface area (Å²) in [5, 5.41) is 3.24. The van der Waals surface area contributed by atoms with Crippen molar-refractivity contribution in [1.29, 1.82) is 0 Å². The molecule has 0 aromatic rings. The molecule has 2 unspecified atom stereocenters. The molecule has 118 valence electrons. The Morgan fingerprint density at radius 2 is 2.05 bits per heavy atom. The highest BCUT2D eigenvalue weighted by Crippen LogP contribution is 2.28. The zero-order valence-electron chi connectivity index (χ0n) is 12.7. The van der Waals surface area contributed by atoms with Crippen molar-refractivity contribution in [3.63, 3.8) is 0 Å². The Morgan fingerprint density at radius 1 is 1.29 bits per heavy atom. The van der Waals surface area contributed by atoms with Gasteiger partial charge < -0.3 is 15.0 Å².